The first-order chi connectivity index (χ1) is 9.33. The maximum absolute atomic E-state index is 13.5. The van der Waals surface area contributed by atoms with Crippen molar-refractivity contribution in [3.05, 3.63) is 34.9 Å². The topological polar surface area (TPSA) is 51.0 Å². The fraction of sp³-hybridized carbons (Fsp3) is 0.462. The van der Waals surface area contributed by atoms with Gasteiger partial charge in [-0.25, -0.2) is 4.79 Å². The van der Waals surface area contributed by atoms with Gasteiger partial charge in [0, 0.05) is 12.0 Å². The zero-order valence-corrected chi connectivity index (χ0v) is 11.0. The predicted molar refractivity (Wildman–Crippen MR) is 64.6 cm³/mol. The molecule has 0 spiro atoms. The minimum absolute atomic E-state index is 0.0198. The highest BCUT2D eigenvalue weighted by Gasteiger charge is 2.59. The molecule has 1 aliphatic heterocycles. The number of halogens is 3. The van der Waals surface area contributed by atoms with E-state index in [-0.39, 0.29) is 24.1 Å². The van der Waals surface area contributed by atoms with E-state index >= 15 is 0 Å². The van der Waals surface area contributed by atoms with Gasteiger partial charge in [0.2, 0.25) is 5.54 Å². The number of nitrogens with zero attached hydrogens (tertiary/aromatic N) is 2. The van der Waals surface area contributed by atoms with E-state index in [2.05, 4.69) is 15.0 Å². The van der Waals surface area contributed by atoms with Gasteiger partial charge in [0.05, 0.1) is 19.2 Å². The van der Waals surface area contributed by atoms with Crippen molar-refractivity contribution in [2.24, 2.45) is 10.2 Å². The van der Waals surface area contributed by atoms with Gasteiger partial charge in [-0.3, -0.25) is 0 Å². The van der Waals surface area contributed by atoms with E-state index in [4.69, 9.17) is 0 Å². The van der Waals surface area contributed by atoms with E-state index in [0.717, 1.165) is 7.11 Å². The number of alkyl halides is 3. The molecule has 0 fully saturated rings. The normalized spacial score (nSPS) is 22.1. The summed E-state index contributed by atoms with van der Waals surface area (Å²) in [7, 11) is 1.13. The van der Waals surface area contributed by atoms with Crippen LogP contribution in [0.1, 0.15) is 27.9 Å². The number of aryl methyl sites for hydroxylation is 1. The summed E-state index contributed by atoms with van der Waals surface area (Å²) in [6.07, 6.45) is -4.92. The van der Waals surface area contributed by atoms with Crippen molar-refractivity contribution in [1.29, 1.82) is 0 Å². The molecule has 0 bridgehead atoms. The predicted octanol–water partition coefficient (Wildman–Crippen LogP) is 3.40. The largest absolute Gasteiger partial charge is 0.465 e. The van der Waals surface area contributed by atoms with Crippen molar-refractivity contribution < 1.29 is 22.7 Å². The molecule has 108 valence electrons. The molecule has 1 aromatic carbocycles. The minimum atomic E-state index is -4.62. The van der Waals surface area contributed by atoms with Crippen LogP contribution in [0.5, 0.6) is 0 Å². The molecule has 0 radical (unpaired) electrons. The highest BCUT2D eigenvalue weighted by atomic mass is 19.4. The molecule has 1 heterocycles. The van der Waals surface area contributed by atoms with Crippen LogP contribution in [0, 0.1) is 6.92 Å². The molecule has 1 aliphatic rings. The van der Waals surface area contributed by atoms with E-state index < -0.39 is 17.7 Å². The molecule has 0 aromatic heterocycles. The Labute approximate surface area is 113 Å². The maximum Gasteiger partial charge on any atom is 0.419 e. The van der Waals surface area contributed by atoms with Crippen molar-refractivity contribution >= 4 is 5.97 Å². The van der Waals surface area contributed by atoms with Crippen LogP contribution in [-0.4, -0.2) is 25.8 Å². The van der Waals surface area contributed by atoms with E-state index in [1.165, 1.54) is 12.1 Å². The Kier molecular flexibility index (Phi) is 3.54. The Balaban J connectivity index is 2.71. The molecule has 20 heavy (non-hydrogen) atoms. The maximum atomic E-state index is 13.5. The van der Waals surface area contributed by atoms with E-state index in [1.807, 2.05) is 0 Å². The van der Waals surface area contributed by atoms with Crippen LogP contribution >= 0.6 is 0 Å². The lowest BCUT2D eigenvalue weighted by atomic mass is 9.83. The lowest BCUT2D eigenvalue weighted by molar-refractivity contribution is -0.188. The second-order valence-corrected chi connectivity index (χ2v) is 4.56. The number of carbonyl (C=O) groups excluding carboxylic acids is 1. The molecule has 0 saturated heterocycles. The lowest BCUT2D eigenvalue weighted by Gasteiger charge is -2.29. The first kappa shape index (κ1) is 14.5. The number of azo groups is 1. The Bertz CT molecular complexity index is 569. The van der Waals surface area contributed by atoms with Crippen molar-refractivity contribution in [2.75, 3.05) is 13.7 Å². The highest BCUT2D eigenvalue weighted by molar-refractivity contribution is 5.93. The van der Waals surface area contributed by atoms with Crippen LogP contribution in [0.25, 0.3) is 0 Å². The van der Waals surface area contributed by atoms with Gasteiger partial charge in [0.1, 0.15) is 0 Å². The van der Waals surface area contributed by atoms with Gasteiger partial charge in [-0.15, -0.1) is 0 Å². The SMILES string of the molecule is COC(=O)c1c(C)cccc1C1(C(F)(F)F)CCN=N1. The second kappa shape index (κ2) is 4.88. The van der Waals surface area contributed by atoms with Gasteiger partial charge in [-0.1, -0.05) is 18.2 Å². The van der Waals surface area contributed by atoms with Crippen molar-refractivity contribution in [1.82, 2.24) is 0 Å². The number of esters is 1. The van der Waals surface area contributed by atoms with Crippen LogP contribution in [-0.2, 0) is 10.3 Å². The smallest absolute Gasteiger partial charge is 0.419 e. The molecule has 1 unspecified atom stereocenters. The van der Waals surface area contributed by atoms with E-state index in [1.54, 1.807) is 13.0 Å². The number of carbonyl (C=O) groups is 1. The molecule has 0 N–H and O–H groups in total. The monoisotopic (exact) mass is 286 g/mol. The van der Waals surface area contributed by atoms with Gasteiger partial charge < -0.3 is 4.74 Å². The molecule has 2 rings (SSSR count). The zero-order chi connectivity index (χ0) is 15.0. The number of rotatable bonds is 2. The third-order valence-electron chi connectivity index (χ3n) is 3.39. The third kappa shape index (κ3) is 2.07. The summed E-state index contributed by atoms with van der Waals surface area (Å²) in [5.74, 6) is -0.802. The molecular weight excluding hydrogens is 273 g/mol. The van der Waals surface area contributed by atoms with Gasteiger partial charge in [-0.2, -0.15) is 23.4 Å². The summed E-state index contributed by atoms with van der Waals surface area (Å²) >= 11 is 0. The Hall–Kier alpha value is -1.92. The van der Waals surface area contributed by atoms with E-state index in [0.29, 0.717) is 5.56 Å². The lowest BCUT2D eigenvalue weighted by Crippen LogP contribution is -2.40. The minimum Gasteiger partial charge on any atom is -0.465 e. The van der Waals surface area contributed by atoms with Crippen LogP contribution in [0.4, 0.5) is 13.2 Å². The van der Waals surface area contributed by atoms with Gasteiger partial charge >= 0.3 is 12.1 Å². The molecule has 0 saturated carbocycles. The molecule has 1 atom stereocenters. The first-order valence-corrected chi connectivity index (χ1v) is 5.97. The average molecular weight is 286 g/mol. The van der Waals surface area contributed by atoms with Crippen LogP contribution in [0.2, 0.25) is 0 Å². The number of hydrogen-bond acceptors (Lipinski definition) is 4. The molecular formula is C13H13F3N2O2. The molecule has 0 amide bonds. The summed E-state index contributed by atoms with van der Waals surface area (Å²) < 4.78 is 45.0. The average Bonchev–Trinajstić information content (AvgIpc) is 2.87. The van der Waals surface area contributed by atoms with Crippen LogP contribution in [0.15, 0.2) is 28.4 Å². The van der Waals surface area contributed by atoms with Gasteiger partial charge in [0.25, 0.3) is 0 Å². The molecule has 4 nitrogen and oxygen atoms in total. The quantitative estimate of drug-likeness (QED) is 0.782. The van der Waals surface area contributed by atoms with Crippen LogP contribution in [0.3, 0.4) is 0 Å². The third-order valence-corrected chi connectivity index (χ3v) is 3.39. The van der Waals surface area contributed by atoms with Gasteiger partial charge in [-0.05, 0) is 12.5 Å². The van der Waals surface area contributed by atoms with E-state index in [9.17, 15) is 18.0 Å². The molecule has 7 heteroatoms. The van der Waals surface area contributed by atoms with Crippen LogP contribution < -0.4 is 0 Å². The van der Waals surface area contributed by atoms with Crippen molar-refractivity contribution in [2.45, 2.75) is 25.1 Å². The Morgan fingerprint density at radius 2 is 2.10 bits per heavy atom. The zero-order valence-electron chi connectivity index (χ0n) is 11.0. The summed E-state index contributed by atoms with van der Waals surface area (Å²) in [5, 5.41) is 6.91. The summed E-state index contributed by atoms with van der Waals surface area (Å²) in [5.41, 5.74) is -2.32. The van der Waals surface area contributed by atoms with Gasteiger partial charge in [0.15, 0.2) is 0 Å². The number of methoxy groups -OCH3 is 1. The standard InChI is InChI=1S/C13H13F3N2O2/c1-8-4-3-5-9(10(8)11(19)20-2)12(13(14,15)16)6-7-17-18-12/h3-5H,6-7H2,1-2H3. The molecule has 0 aliphatic carbocycles. The fourth-order valence-corrected chi connectivity index (χ4v) is 2.36. The van der Waals surface area contributed by atoms with Crippen molar-refractivity contribution in [3.63, 3.8) is 0 Å². The summed E-state index contributed by atoms with van der Waals surface area (Å²) in [6.45, 7) is 1.54. The summed E-state index contributed by atoms with van der Waals surface area (Å²) in [6, 6.07) is 4.29. The number of ether oxygens (including phenoxy) is 1. The van der Waals surface area contributed by atoms with Crippen molar-refractivity contribution in [3.8, 4) is 0 Å². The Morgan fingerprint density at radius 3 is 2.60 bits per heavy atom. The first-order valence-electron chi connectivity index (χ1n) is 5.97. The second-order valence-electron chi connectivity index (χ2n) is 4.56. The fourth-order valence-electron chi connectivity index (χ4n) is 2.36. The molecule has 1 aromatic rings. The Morgan fingerprint density at radius 1 is 1.40 bits per heavy atom. The summed E-state index contributed by atoms with van der Waals surface area (Å²) in [4.78, 5) is 11.8. The highest BCUT2D eigenvalue weighted by Crippen LogP contribution is 2.49. The number of hydrogen-bond donors (Lipinski definition) is 0. The number of benzene rings is 1.